The van der Waals surface area contributed by atoms with Crippen LogP contribution in [0.15, 0.2) is 48.9 Å². The van der Waals surface area contributed by atoms with Crippen molar-refractivity contribution in [2.45, 2.75) is 19.5 Å². The van der Waals surface area contributed by atoms with Crippen molar-refractivity contribution in [3.05, 3.63) is 65.7 Å². The Morgan fingerprint density at radius 3 is 2.69 bits per heavy atom. The van der Waals surface area contributed by atoms with Crippen molar-refractivity contribution in [2.75, 3.05) is 37.7 Å². The van der Waals surface area contributed by atoms with Crippen LogP contribution in [0, 0.1) is 0 Å². The molecule has 7 nitrogen and oxygen atoms in total. The summed E-state index contributed by atoms with van der Waals surface area (Å²) in [5.74, 6) is 1.75. The van der Waals surface area contributed by atoms with E-state index in [0.717, 1.165) is 69.6 Å². The van der Waals surface area contributed by atoms with E-state index in [0.29, 0.717) is 5.82 Å². The molecule has 3 aromatic heterocycles. The van der Waals surface area contributed by atoms with Crippen molar-refractivity contribution in [2.24, 2.45) is 0 Å². The zero-order chi connectivity index (χ0) is 19.5. The second-order valence-electron chi connectivity index (χ2n) is 7.43. The van der Waals surface area contributed by atoms with Crippen molar-refractivity contribution in [1.29, 1.82) is 0 Å². The van der Waals surface area contributed by atoms with Gasteiger partial charge in [0, 0.05) is 63.3 Å². The highest BCUT2D eigenvalue weighted by atomic mass is 16.5. The smallest absolute Gasteiger partial charge is 0.180 e. The third kappa shape index (κ3) is 3.97. The molecule has 0 spiro atoms. The van der Waals surface area contributed by atoms with Crippen molar-refractivity contribution >= 4 is 5.82 Å². The molecule has 148 valence electrons. The number of fused-ring (bicyclic) bond motifs is 1. The van der Waals surface area contributed by atoms with E-state index in [1.54, 1.807) is 6.20 Å². The van der Waals surface area contributed by atoms with Crippen molar-refractivity contribution in [1.82, 2.24) is 24.8 Å². The average molecular weight is 388 g/mol. The predicted molar refractivity (Wildman–Crippen MR) is 110 cm³/mol. The molecule has 5 heterocycles. The molecule has 5 rings (SSSR count). The van der Waals surface area contributed by atoms with Crippen molar-refractivity contribution in [3.63, 3.8) is 0 Å². The predicted octanol–water partition coefficient (Wildman–Crippen LogP) is 2.33. The Bertz CT molecular complexity index is 960. The molecule has 29 heavy (non-hydrogen) atoms. The van der Waals surface area contributed by atoms with E-state index in [1.165, 1.54) is 11.1 Å². The van der Waals surface area contributed by atoms with Gasteiger partial charge in [-0.15, -0.1) is 0 Å². The van der Waals surface area contributed by atoms with E-state index in [4.69, 9.17) is 14.7 Å². The second kappa shape index (κ2) is 8.23. The molecule has 0 aliphatic carbocycles. The van der Waals surface area contributed by atoms with Gasteiger partial charge in [-0.3, -0.25) is 14.9 Å². The number of rotatable bonds is 4. The Labute approximate surface area is 170 Å². The highest BCUT2D eigenvalue weighted by molar-refractivity contribution is 5.58. The first-order valence-electron chi connectivity index (χ1n) is 10.1. The number of morpholine rings is 1. The van der Waals surface area contributed by atoms with Crippen LogP contribution in [0.4, 0.5) is 5.82 Å². The van der Waals surface area contributed by atoms with Crippen LogP contribution in [0.1, 0.15) is 16.8 Å². The summed E-state index contributed by atoms with van der Waals surface area (Å²) < 4.78 is 5.57. The summed E-state index contributed by atoms with van der Waals surface area (Å²) in [6.07, 6.45) is 6.47. The fraction of sp³-hybridized carbons (Fsp3) is 0.364. The van der Waals surface area contributed by atoms with Gasteiger partial charge in [-0.1, -0.05) is 12.1 Å². The molecular weight excluding hydrogens is 364 g/mol. The molecule has 7 heteroatoms. The van der Waals surface area contributed by atoms with E-state index < -0.39 is 0 Å². The van der Waals surface area contributed by atoms with Gasteiger partial charge >= 0.3 is 0 Å². The molecule has 0 bridgehead atoms. The molecule has 3 aromatic rings. The van der Waals surface area contributed by atoms with Gasteiger partial charge in [-0.2, -0.15) is 0 Å². The minimum absolute atomic E-state index is 0.714. The molecule has 2 aliphatic rings. The van der Waals surface area contributed by atoms with Gasteiger partial charge in [0.05, 0.1) is 18.9 Å². The van der Waals surface area contributed by atoms with Crippen LogP contribution in [0.3, 0.4) is 0 Å². The van der Waals surface area contributed by atoms with E-state index in [2.05, 4.69) is 25.8 Å². The zero-order valence-electron chi connectivity index (χ0n) is 16.4. The van der Waals surface area contributed by atoms with Crippen LogP contribution in [0.2, 0.25) is 0 Å². The largest absolute Gasteiger partial charge is 0.378 e. The molecule has 0 unspecified atom stereocenters. The molecule has 0 saturated carbocycles. The van der Waals surface area contributed by atoms with E-state index in [1.807, 2.05) is 36.7 Å². The molecule has 0 aromatic carbocycles. The highest BCUT2D eigenvalue weighted by Gasteiger charge is 2.26. The summed E-state index contributed by atoms with van der Waals surface area (Å²) in [4.78, 5) is 23.4. The van der Waals surface area contributed by atoms with Crippen LogP contribution in [-0.2, 0) is 24.2 Å². The molecular formula is C22H24N6O. The standard InChI is InChI=1S/C22H24N6O/c1-2-8-24-20(5-1)21-25-19-6-9-27(15-17-4-3-7-23-14-17)16-18(19)22(26-21)28-10-12-29-13-11-28/h1-5,7-8,14H,6,9-13,15-16H2. The fourth-order valence-electron chi connectivity index (χ4n) is 3.98. The Kier molecular flexibility index (Phi) is 5.15. The third-order valence-electron chi connectivity index (χ3n) is 5.45. The molecule has 0 radical (unpaired) electrons. The lowest BCUT2D eigenvalue weighted by Gasteiger charge is -2.34. The molecule has 0 amide bonds. The number of hydrogen-bond donors (Lipinski definition) is 0. The molecule has 1 saturated heterocycles. The summed E-state index contributed by atoms with van der Waals surface area (Å²) in [6.45, 7) is 5.88. The van der Waals surface area contributed by atoms with Crippen molar-refractivity contribution < 1.29 is 4.74 Å². The number of ether oxygens (including phenoxy) is 1. The number of hydrogen-bond acceptors (Lipinski definition) is 7. The monoisotopic (exact) mass is 388 g/mol. The van der Waals surface area contributed by atoms with E-state index >= 15 is 0 Å². The van der Waals surface area contributed by atoms with Gasteiger partial charge in [0.2, 0.25) is 0 Å². The van der Waals surface area contributed by atoms with Crippen LogP contribution < -0.4 is 4.90 Å². The number of nitrogens with zero attached hydrogens (tertiary/aromatic N) is 6. The summed E-state index contributed by atoms with van der Waals surface area (Å²) in [5, 5.41) is 0. The lowest BCUT2D eigenvalue weighted by molar-refractivity contribution is 0.122. The third-order valence-corrected chi connectivity index (χ3v) is 5.45. The number of anilines is 1. The molecule has 0 atom stereocenters. The minimum atomic E-state index is 0.714. The first-order valence-corrected chi connectivity index (χ1v) is 10.1. The Hall–Kier alpha value is -2.90. The van der Waals surface area contributed by atoms with Gasteiger partial charge in [0.25, 0.3) is 0 Å². The zero-order valence-corrected chi connectivity index (χ0v) is 16.4. The summed E-state index contributed by atoms with van der Waals surface area (Å²) in [5.41, 5.74) is 4.43. The maximum absolute atomic E-state index is 5.57. The Balaban J connectivity index is 1.49. The summed E-state index contributed by atoms with van der Waals surface area (Å²) >= 11 is 0. The maximum atomic E-state index is 5.57. The quantitative estimate of drug-likeness (QED) is 0.679. The van der Waals surface area contributed by atoms with Crippen LogP contribution in [-0.4, -0.2) is 57.7 Å². The topological polar surface area (TPSA) is 67.3 Å². The number of pyridine rings is 2. The highest BCUT2D eigenvalue weighted by Crippen LogP contribution is 2.30. The van der Waals surface area contributed by atoms with Crippen LogP contribution in [0.5, 0.6) is 0 Å². The van der Waals surface area contributed by atoms with Gasteiger partial charge in [0.1, 0.15) is 11.5 Å². The Morgan fingerprint density at radius 2 is 1.90 bits per heavy atom. The first-order chi connectivity index (χ1) is 14.4. The summed E-state index contributed by atoms with van der Waals surface area (Å²) in [6, 6.07) is 10.00. The van der Waals surface area contributed by atoms with E-state index in [-0.39, 0.29) is 0 Å². The Morgan fingerprint density at radius 1 is 0.966 bits per heavy atom. The lowest BCUT2D eigenvalue weighted by atomic mass is 10.0. The minimum Gasteiger partial charge on any atom is -0.378 e. The normalized spacial score (nSPS) is 17.2. The average Bonchev–Trinajstić information content (AvgIpc) is 2.80. The SMILES string of the molecule is c1ccc(-c2nc3c(c(N4CCOCC4)n2)CN(Cc2cccnc2)CC3)nc1. The van der Waals surface area contributed by atoms with Gasteiger partial charge in [0.15, 0.2) is 5.82 Å². The first kappa shape index (κ1) is 18.1. The maximum Gasteiger partial charge on any atom is 0.180 e. The van der Waals surface area contributed by atoms with Gasteiger partial charge in [-0.25, -0.2) is 9.97 Å². The molecule has 2 aliphatic heterocycles. The van der Waals surface area contributed by atoms with Crippen LogP contribution in [0.25, 0.3) is 11.5 Å². The summed E-state index contributed by atoms with van der Waals surface area (Å²) in [7, 11) is 0. The fourth-order valence-corrected chi connectivity index (χ4v) is 3.98. The van der Waals surface area contributed by atoms with Crippen molar-refractivity contribution in [3.8, 4) is 11.5 Å². The van der Waals surface area contributed by atoms with E-state index in [9.17, 15) is 0 Å². The van der Waals surface area contributed by atoms with Gasteiger partial charge < -0.3 is 9.64 Å². The van der Waals surface area contributed by atoms with Crippen LogP contribution >= 0.6 is 0 Å². The lowest BCUT2D eigenvalue weighted by Crippen LogP contribution is -2.39. The number of aromatic nitrogens is 4. The molecule has 0 N–H and O–H groups in total. The second-order valence-corrected chi connectivity index (χ2v) is 7.43. The molecule has 1 fully saturated rings. The van der Waals surface area contributed by atoms with Gasteiger partial charge in [-0.05, 0) is 23.8 Å².